The van der Waals surface area contributed by atoms with Crippen molar-refractivity contribution < 1.29 is 22.3 Å². The summed E-state index contributed by atoms with van der Waals surface area (Å²) in [5.74, 6) is -0.358. The van der Waals surface area contributed by atoms with E-state index < -0.39 is 22.1 Å². The molecule has 2 heterocycles. The number of hydrogen-bond acceptors (Lipinski definition) is 4. The first-order chi connectivity index (χ1) is 13.4. The molecule has 1 unspecified atom stereocenters. The van der Waals surface area contributed by atoms with Crippen LogP contribution in [0.4, 0.5) is 4.39 Å². The van der Waals surface area contributed by atoms with Crippen LogP contribution in [0.15, 0.2) is 24.3 Å². The molecule has 2 fully saturated rings. The van der Waals surface area contributed by atoms with Crippen LogP contribution in [0.5, 0.6) is 5.75 Å². The second kappa shape index (κ2) is 9.19. The lowest BCUT2D eigenvalue weighted by molar-refractivity contribution is -0.139. The second-order valence-electron chi connectivity index (χ2n) is 7.26. The molecule has 0 radical (unpaired) electrons. The van der Waals surface area contributed by atoms with Gasteiger partial charge < -0.3 is 9.64 Å². The Kier molecular flexibility index (Phi) is 6.90. The van der Waals surface area contributed by atoms with Crippen LogP contribution in [0.2, 0.25) is 0 Å². The van der Waals surface area contributed by atoms with E-state index in [-0.39, 0.29) is 19.0 Å². The van der Waals surface area contributed by atoms with E-state index in [0.29, 0.717) is 31.9 Å². The highest BCUT2D eigenvalue weighted by Gasteiger charge is 2.34. The molecule has 9 heteroatoms. The molecule has 7 nitrogen and oxygen atoms in total. The zero-order valence-electron chi connectivity index (χ0n) is 16.2. The first-order valence-corrected chi connectivity index (χ1v) is 11.2. The van der Waals surface area contributed by atoms with Gasteiger partial charge in [-0.2, -0.15) is 17.0 Å². The molecule has 1 amide bonds. The second-order valence-corrected chi connectivity index (χ2v) is 9.19. The van der Waals surface area contributed by atoms with Crippen molar-refractivity contribution >= 4 is 16.1 Å². The number of amides is 1. The lowest BCUT2D eigenvalue weighted by atomic mass is 10.2. The molecular weight excluding hydrogens is 385 g/mol. The summed E-state index contributed by atoms with van der Waals surface area (Å²) >= 11 is 0. The molecule has 0 aliphatic carbocycles. The Hall–Kier alpha value is -1.71. The van der Waals surface area contributed by atoms with Crippen LogP contribution in [0.1, 0.15) is 32.6 Å². The molecule has 2 aliphatic rings. The molecule has 0 spiro atoms. The lowest BCUT2D eigenvalue weighted by Gasteiger charge is -2.37. The summed E-state index contributed by atoms with van der Waals surface area (Å²) in [6.45, 7) is 3.95. The van der Waals surface area contributed by atoms with Crippen LogP contribution < -0.4 is 4.74 Å². The van der Waals surface area contributed by atoms with Gasteiger partial charge in [-0.1, -0.05) is 18.9 Å². The highest BCUT2D eigenvalue weighted by molar-refractivity contribution is 7.86. The molecule has 156 valence electrons. The van der Waals surface area contributed by atoms with Crippen molar-refractivity contribution in [2.24, 2.45) is 0 Å². The predicted octanol–water partition coefficient (Wildman–Crippen LogP) is 1.86. The molecule has 3 rings (SSSR count). The number of carbonyl (C=O) groups is 1. The normalized spacial score (nSPS) is 21.1. The number of ether oxygens (including phenoxy) is 1. The summed E-state index contributed by atoms with van der Waals surface area (Å²) in [5.41, 5.74) is 0. The number of halogens is 1. The Balaban J connectivity index is 1.54. The molecule has 1 aromatic carbocycles. The molecule has 0 N–H and O–H groups in total. The van der Waals surface area contributed by atoms with Crippen molar-refractivity contribution in [3.8, 4) is 5.75 Å². The number of benzene rings is 1. The fraction of sp³-hybridized carbons (Fsp3) is 0.632. The average Bonchev–Trinajstić information content (AvgIpc) is 2.97. The van der Waals surface area contributed by atoms with Crippen LogP contribution in [-0.2, 0) is 15.0 Å². The minimum Gasteiger partial charge on any atom is -0.481 e. The van der Waals surface area contributed by atoms with E-state index in [1.807, 2.05) is 0 Å². The Morgan fingerprint density at radius 2 is 1.61 bits per heavy atom. The van der Waals surface area contributed by atoms with Gasteiger partial charge in [0, 0.05) is 45.3 Å². The van der Waals surface area contributed by atoms with Crippen LogP contribution in [-0.4, -0.2) is 73.2 Å². The summed E-state index contributed by atoms with van der Waals surface area (Å²) in [6.07, 6.45) is 3.16. The van der Waals surface area contributed by atoms with Gasteiger partial charge in [0.2, 0.25) is 0 Å². The Morgan fingerprint density at radius 1 is 1.00 bits per heavy atom. The van der Waals surface area contributed by atoms with Gasteiger partial charge in [-0.3, -0.25) is 4.79 Å². The molecule has 28 heavy (non-hydrogen) atoms. The first-order valence-electron chi connectivity index (χ1n) is 9.84. The zero-order valence-corrected chi connectivity index (χ0v) is 17.0. The molecule has 2 aliphatic heterocycles. The quantitative estimate of drug-likeness (QED) is 0.739. The highest BCUT2D eigenvalue weighted by atomic mass is 32.2. The van der Waals surface area contributed by atoms with Gasteiger partial charge >= 0.3 is 0 Å². The smallest absolute Gasteiger partial charge is 0.282 e. The summed E-state index contributed by atoms with van der Waals surface area (Å²) in [7, 11) is -3.48. The minimum absolute atomic E-state index is 0.226. The molecule has 1 aromatic rings. The van der Waals surface area contributed by atoms with Gasteiger partial charge in [-0.15, -0.1) is 0 Å². The molecule has 0 aromatic heterocycles. The highest BCUT2D eigenvalue weighted by Crippen LogP contribution is 2.19. The SMILES string of the molecule is CC(Oc1cccc(F)c1)C(=O)N1CCN(S(=O)(=O)N2CCCCCC2)CC1. The van der Waals surface area contributed by atoms with Crippen LogP contribution in [0.3, 0.4) is 0 Å². The maximum Gasteiger partial charge on any atom is 0.282 e. The molecule has 0 saturated carbocycles. The Labute approximate surface area is 166 Å². The van der Waals surface area contributed by atoms with Crippen LogP contribution in [0, 0.1) is 5.82 Å². The van der Waals surface area contributed by atoms with Crippen molar-refractivity contribution in [2.45, 2.75) is 38.7 Å². The van der Waals surface area contributed by atoms with E-state index in [1.54, 1.807) is 22.2 Å². The number of hydrogen-bond donors (Lipinski definition) is 0. The van der Waals surface area contributed by atoms with Crippen molar-refractivity contribution in [1.29, 1.82) is 0 Å². The van der Waals surface area contributed by atoms with Gasteiger partial charge in [0.15, 0.2) is 6.10 Å². The van der Waals surface area contributed by atoms with E-state index >= 15 is 0 Å². The molecule has 0 bridgehead atoms. The Bertz CT molecular complexity index is 773. The Morgan fingerprint density at radius 3 is 2.21 bits per heavy atom. The number of rotatable bonds is 5. The molecule has 2 saturated heterocycles. The van der Waals surface area contributed by atoms with Gasteiger partial charge in [-0.25, -0.2) is 4.39 Å². The largest absolute Gasteiger partial charge is 0.481 e. The minimum atomic E-state index is -3.48. The van der Waals surface area contributed by atoms with Crippen molar-refractivity contribution in [2.75, 3.05) is 39.3 Å². The number of nitrogens with zero attached hydrogens (tertiary/aromatic N) is 3. The lowest BCUT2D eigenvalue weighted by Crippen LogP contribution is -2.56. The van der Waals surface area contributed by atoms with Crippen LogP contribution in [0.25, 0.3) is 0 Å². The van der Waals surface area contributed by atoms with Gasteiger partial charge in [0.1, 0.15) is 11.6 Å². The monoisotopic (exact) mass is 413 g/mol. The summed E-state index contributed by atoms with van der Waals surface area (Å²) in [5, 5.41) is 0. The first kappa shape index (κ1) is 21.0. The van der Waals surface area contributed by atoms with Crippen molar-refractivity contribution in [3.05, 3.63) is 30.1 Å². The van der Waals surface area contributed by atoms with E-state index in [2.05, 4.69) is 0 Å². The van der Waals surface area contributed by atoms with Gasteiger partial charge in [0.25, 0.3) is 16.1 Å². The average molecular weight is 414 g/mol. The number of piperazine rings is 1. The van der Waals surface area contributed by atoms with Gasteiger partial charge in [-0.05, 0) is 31.9 Å². The maximum atomic E-state index is 13.3. The van der Waals surface area contributed by atoms with Gasteiger partial charge in [0.05, 0.1) is 0 Å². The van der Waals surface area contributed by atoms with Crippen molar-refractivity contribution in [1.82, 2.24) is 13.5 Å². The third-order valence-corrected chi connectivity index (χ3v) is 7.26. The van der Waals surface area contributed by atoms with E-state index in [4.69, 9.17) is 4.74 Å². The molecular formula is C19H28FN3O4S. The fourth-order valence-electron chi connectivity index (χ4n) is 3.63. The maximum absolute atomic E-state index is 13.3. The summed E-state index contributed by atoms with van der Waals surface area (Å²) in [4.78, 5) is 14.2. The summed E-state index contributed by atoms with van der Waals surface area (Å²) < 4.78 is 47.6. The number of carbonyl (C=O) groups excluding carboxylic acids is 1. The molecule has 1 atom stereocenters. The standard InChI is InChI=1S/C19H28FN3O4S/c1-16(27-18-8-6-7-17(20)15-18)19(24)21-11-13-23(14-12-21)28(25,26)22-9-4-2-3-5-10-22/h6-8,15-16H,2-5,9-14H2,1H3. The third-order valence-electron chi connectivity index (χ3n) is 5.22. The third kappa shape index (κ3) is 5.01. The van der Waals surface area contributed by atoms with E-state index in [1.165, 1.54) is 22.5 Å². The van der Waals surface area contributed by atoms with E-state index in [0.717, 1.165) is 25.7 Å². The zero-order chi connectivity index (χ0) is 20.1. The summed E-state index contributed by atoms with van der Waals surface area (Å²) in [6, 6.07) is 5.66. The topological polar surface area (TPSA) is 70.2 Å². The predicted molar refractivity (Wildman–Crippen MR) is 104 cm³/mol. The van der Waals surface area contributed by atoms with Crippen molar-refractivity contribution in [3.63, 3.8) is 0 Å². The fourth-order valence-corrected chi connectivity index (χ4v) is 5.30. The van der Waals surface area contributed by atoms with Crippen LogP contribution >= 0.6 is 0 Å². The van der Waals surface area contributed by atoms with E-state index in [9.17, 15) is 17.6 Å².